The highest BCUT2D eigenvalue weighted by atomic mass is 127. The maximum absolute atomic E-state index is 12.5. The van der Waals surface area contributed by atoms with Gasteiger partial charge in [0.05, 0.1) is 33.0 Å². The minimum absolute atomic E-state index is 0.0675. The molecule has 0 atom stereocenters. The molecule has 1 amide bonds. The topological polar surface area (TPSA) is 57.2 Å². The zero-order valence-electron chi connectivity index (χ0n) is 20.8. The highest BCUT2D eigenvalue weighted by molar-refractivity contribution is 14.1. The minimum atomic E-state index is -0.335. The van der Waals surface area contributed by atoms with E-state index in [1.54, 1.807) is 11.9 Å². The smallest absolute Gasteiger partial charge is 0.409 e. The van der Waals surface area contributed by atoms with Crippen LogP contribution in [0.4, 0.5) is 4.79 Å². The Morgan fingerprint density at radius 2 is 1.31 bits per heavy atom. The van der Waals surface area contributed by atoms with Crippen molar-refractivity contribution in [1.29, 1.82) is 0 Å². The summed E-state index contributed by atoms with van der Waals surface area (Å²) in [6, 6.07) is 16.7. The first-order chi connectivity index (χ1) is 17.2. The Balaban J connectivity index is 1.23. The number of hydrogen-bond donors (Lipinski definition) is 0. The van der Waals surface area contributed by atoms with Crippen molar-refractivity contribution in [2.75, 3.05) is 64.3 Å². The first kappa shape index (κ1) is 27.9. The predicted octanol–water partition coefficient (Wildman–Crippen LogP) is 5.91. The van der Waals surface area contributed by atoms with Crippen LogP contribution in [0.3, 0.4) is 0 Å². The Morgan fingerprint density at radius 1 is 0.771 bits per heavy atom. The number of carbonyl (C=O) groups excluding carboxylic acids is 1. The lowest BCUT2D eigenvalue weighted by Gasteiger charge is -2.19. The number of halogens is 1. The van der Waals surface area contributed by atoms with Crippen molar-refractivity contribution in [1.82, 2.24) is 4.90 Å². The number of fused-ring (bicyclic) bond motifs is 3. The van der Waals surface area contributed by atoms with Gasteiger partial charge in [0.2, 0.25) is 0 Å². The normalized spacial score (nSPS) is 12.4. The van der Waals surface area contributed by atoms with Crippen LogP contribution in [-0.2, 0) is 18.9 Å². The van der Waals surface area contributed by atoms with Gasteiger partial charge >= 0.3 is 6.09 Å². The molecular weight excluding hydrogens is 557 g/mol. The van der Waals surface area contributed by atoms with E-state index in [1.807, 2.05) is 24.3 Å². The predicted molar refractivity (Wildman–Crippen MR) is 148 cm³/mol. The fraction of sp³-hybridized carbons (Fsp3) is 0.536. The molecule has 0 unspecified atom stereocenters. The Bertz CT molecular complexity index is 848. The summed E-state index contributed by atoms with van der Waals surface area (Å²) in [7, 11) is 1.73. The van der Waals surface area contributed by atoms with Gasteiger partial charge in [-0.3, -0.25) is 0 Å². The van der Waals surface area contributed by atoms with Crippen molar-refractivity contribution in [3.8, 4) is 11.1 Å². The molecule has 0 aromatic heterocycles. The number of unbranched alkanes of at least 4 members (excludes halogenated alkanes) is 3. The van der Waals surface area contributed by atoms with Gasteiger partial charge in [0.15, 0.2) is 0 Å². The number of carbonyl (C=O) groups is 1. The second-order valence-electron chi connectivity index (χ2n) is 8.67. The van der Waals surface area contributed by atoms with Crippen molar-refractivity contribution < 1.29 is 23.7 Å². The summed E-state index contributed by atoms with van der Waals surface area (Å²) >= 11 is 2.42. The number of alkyl halides is 1. The Labute approximate surface area is 223 Å². The zero-order chi connectivity index (χ0) is 24.7. The van der Waals surface area contributed by atoms with Crippen LogP contribution in [0.1, 0.15) is 42.7 Å². The fourth-order valence-electron chi connectivity index (χ4n) is 4.19. The van der Waals surface area contributed by atoms with E-state index in [-0.39, 0.29) is 12.0 Å². The van der Waals surface area contributed by atoms with E-state index in [9.17, 15) is 4.79 Å². The van der Waals surface area contributed by atoms with Crippen LogP contribution in [-0.4, -0.2) is 75.3 Å². The Kier molecular flexibility index (Phi) is 12.9. The van der Waals surface area contributed by atoms with Crippen LogP contribution in [0.15, 0.2) is 48.5 Å². The molecule has 1 aliphatic rings. The summed E-state index contributed by atoms with van der Waals surface area (Å²) in [5.74, 6) is 0.0675. The molecule has 2 aromatic rings. The first-order valence-corrected chi connectivity index (χ1v) is 14.1. The van der Waals surface area contributed by atoms with E-state index < -0.39 is 0 Å². The van der Waals surface area contributed by atoms with Gasteiger partial charge in [-0.25, -0.2) is 4.79 Å². The number of ether oxygens (including phenoxy) is 4. The Hall–Kier alpha value is -1.68. The third-order valence-electron chi connectivity index (χ3n) is 6.14. The van der Waals surface area contributed by atoms with Gasteiger partial charge in [-0.15, -0.1) is 0 Å². The van der Waals surface area contributed by atoms with E-state index in [0.29, 0.717) is 46.2 Å². The molecule has 0 spiro atoms. The second-order valence-corrected chi connectivity index (χ2v) is 9.74. The van der Waals surface area contributed by atoms with Crippen LogP contribution < -0.4 is 0 Å². The molecule has 7 heteroatoms. The molecule has 0 saturated heterocycles. The van der Waals surface area contributed by atoms with Gasteiger partial charge < -0.3 is 23.8 Å². The highest BCUT2D eigenvalue weighted by Gasteiger charge is 2.29. The van der Waals surface area contributed by atoms with E-state index in [2.05, 4.69) is 46.9 Å². The quantitative estimate of drug-likeness (QED) is 0.129. The summed E-state index contributed by atoms with van der Waals surface area (Å²) in [5.41, 5.74) is 4.87. The molecule has 2 aromatic carbocycles. The lowest BCUT2D eigenvalue weighted by molar-refractivity contribution is 0.0105. The van der Waals surface area contributed by atoms with Gasteiger partial charge in [-0.1, -0.05) is 84.0 Å². The SMILES string of the molecule is CN(CCOCCOCCOCCCCCCI)C(=O)OCC1c2ccccc2-c2ccccc21. The molecule has 0 saturated carbocycles. The van der Waals surface area contributed by atoms with Crippen LogP contribution in [0.25, 0.3) is 11.1 Å². The molecule has 3 rings (SSSR count). The molecule has 0 heterocycles. The van der Waals surface area contributed by atoms with Crippen molar-refractivity contribution >= 4 is 28.7 Å². The van der Waals surface area contributed by atoms with E-state index in [0.717, 1.165) is 13.0 Å². The molecule has 6 nitrogen and oxygen atoms in total. The minimum Gasteiger partial charge on any atom is -0.448 e. The fourth-order valence-corrected chi connectivity index (χ4v) is 4.73. The number of likely N-dealkylation sites (N-methyl/N-ethyl adjacent to an activating group) is 1. The molecule has 0 radical (unpaired) electrons. The largest absolute Gasteiger partial charge is 0.448 e. The van der Waals surface area contributed by atoms with Gasteiger partial charge in [0.1, 0.15) is 6.61 Å². The molecular formula is C28H38INO5. The average Bonchev–Trinajstić information content (AvgIpc) is 3.21. The molecule has 1 aliphatic carbocycles. The third kappa shape index (κ3) is 9.04. The van der Waals surface area contributed by atoms with Gasteiger partial charge in [-0.05, 0) is 39.5 Å². The third-order valence-corrected chi connectivity index (χ3v) is 6.90. The van der Waals surface area contributed by atoms with E-state index in [4.69, 9.17) is 18.9 Å². The zero-order valence-corrected chi connectivity index (χ0v) is 22.9. The van der Waals surface area contributed by atoms with E-state index in [1.165, 1.54) is 45.9 Å². The summed E-state index contributed by atoms with van der Waals surface area (Å²) in [6.07, 6.45) is 4.61. The van der Waals surface area contributed by atoms with Crippen LogP contribution in [0, 0.1) is 0 Å². The first-order valence-electron chi connectivity index (χ1n) is 12.6. The van der Waals surface area contributed by atoms with E-state index >= 15 is 0 Å². The summed E-state index contributed by atoms with van der Waals surface area (Å²) in [4.78, 5) is 14.1. The number of benzene rings is 2. The number of amides is 1. The van der Waals surface area contributed by atoms with Gasteiger partial charge in [-0.2, -0.15) is 0 Å². The molecule has 0 bridgehead atoms. The lowest BCUT2D eigenvalue weighted by atomic mass is 9.98. The van der Waals surface area contributed by atoms with Crippen LogP contribution in [0.2, 0.25) is 0 Å². The van der Waals surface area contributed by atoms with Crippen molar-refractivity contribution in [3.63, 3.8) is 0 Å². The summed E-state index contributed by atoms with van der Waals surface area (Å²) in [6.45, 7) is 4.26. The van der Waals surface area contributed by atoms with Gasteiger partial charge in [0, 0.05) is 26.1 Å². The van der Waals surface area contributed by atoms with Crippen molar-refractivity contribution in [2.24, 2.45) is 0 Å². The lowest BCUT2D eigenvalue weighted by Crippen LogP contribution is -2.32. The van der Waals surface area contributed by atoms with Gasteiger partial charge in [0.25, 0.3) is 0 Å². The summed E-state index contributed by atoms with van der Waals surface area (Å²) < 4.78 is 23.6. The average molecular weight is 596 g/mol. The van der Waals surface area contributed by atoms with Crippen molar-refractivity contribution in [2.45, 2.75) is 31.6 Å². The Morgan fingerprint density at radius 3 is 1.94 bits per heavy atom. The summed E-state index contributed by atoms with van der Waals surface area (Å²) in [5, 5.41) is 0. The number of rotatable bonds is 17. The molecule has 0 aliphatic heterocycles. The van der Waals surface area contributed by atoms with Crippen LogP contribution in [0.5, 0.6) is 0 Å². The monoisotopic (exact) mass is 595 g/mol. The number of hydrogen-bond acceptors (Lipinski definition) is 5. The maximum atomic E-state index is 12.5. The molecule has 0 fully saturated rings. The maximum Gasteiger partial charge on any atom is 0.409 e. The van der Waals surface area contributed by atoms with Crippen molar-refractivity contribution in [3.05, 3.63) is 59.7 Å². The standard InChI is InChI=1S/C28H38INO5/c1-30(15-17-33-19-21-34-20-18-32-16-9-3-2-8-14-29)28(31)35-22-27-25-12-6-4-10-23(25)24-11-5-7-13-26(24)27/h4-7,10-13,27H,2-3,8-9,14-22H2,1H3. The van der Waals surface area contributed by atoms with Crippen LogP contribution >= 0.6 is 22.6 Å². The highest BCUT2D eigenvalue weighted by Crippen LogP contribution is 2.44. The molecule has 192 valence electrons. The number of nitrogens with zero attached hydrogens (tertiary/aromatic N) is 1. The molecule has 0 N–H and O–H groups in total. The molecule has 35 heavy (non-hydrogen) atoms. The second kappa shape index (κ2) is 16.1.